The van der Waals surface area contributed by atoms with E-state index in [4.69, 9.17) is 4.74 Å². The number of rotatable bonds is 5. The summed E-state index contributed by atoms with van der Waals surface area (Å²) < 4.78 is 5.50. The first-order valence-corrected chi connectivity index (χ1v) is 12.9. The largest absolute Gasteiger partial charge is 0.496 e. The second-order valence-corrected chi connectivity index (χ2v) is 10.3. The van der Waals surface area contributed by atoms with E-state index in [1.807, 2.05) is 41.3 Å². The van der Waals surface area contributed by atoms with Crippen LogP contribution in [0.1, 0.15) is 53.8 Å². The molecule has 0 spiro atoms. The molecule has 3 heterocycles. The molecule has 3 aromatic carbocycles. The van der Waals surface area contributed by atoms with Gasteiger partial charge in [-0.1, -0.05) is 74.5 Å². The summed E-state index contributed by atoms with van der Waals surface area (Å²) in [7, 11) is 1.62. The number of hydrogen-bond donors (Lipinski definition) is 1. The maximum Gasteiger partial charge on any atom is 0.246 e. The standard InChI is InChI=1S/C31H31N3O3/c1-19(2)20-12-14-21(15-13-20)30-29-24(23-9-5-6-10-25(23)32-29)16-26-31(36)33(18-28(35)34(26)30)17-22-8-4-7-11-27(22)37-3/h4-15,19,26,30,32H,16-18H2,1-3H3/t26-,30-/m0/s1. The summed E-state index contributed by atoms with van der Waals surface area (Å²) in [4.78, 5) is 34.9. The van der Waals surface area contributed by atoms with Gasteiger partial charge in [-0.05, 0) is 34.7 Å². The lowest BCUT2D eigenvalue weighted by Crippen LogP contribution is -2.62. The predicted molar refractivity (Wildman–Crippen MR) is 143 cm³/mol. The quantitative estimate of drug-likeness (QED) is 0.416. The van der Waals surface area contributed by atoms with E-state index in [0.717, 1.165) is 39.0 Å². The van der Waals surface area contributed by atoms with E-state index < -0.39 is 6.04 Å². The van der Waals surface area contributed by atoms with Crippen molar-refractivity contribution in [1.82, 2.24) is 14.8 Å². The molecule has 4 aromatic rings. The lowest BCUT2D eigenvalue weighted by atomic mass is 9.85. The molecule has 2 amide bonds. The Morgan fingerprint density at radius 1 is 0.973 bits per heavy atom. The molecule has 0 bridgehead atoms. The first-order valence-electron chi connectivity index (χ1n) is 12.9. The fraction of sp³-hybridized carbons (Fsp3) is 0.290. The van der Waals surface area contributed by atoms with Crippen LogP contribution in [0.3, 0.4) is 0 Å². The highest BCUT2D eigenvalue weighted by atomic mass is 16.5. The topological polar surface area (TPSA) is 65.6 Å². The van der Waals surface area contributed by atoms with Gasteiger partial charge in [0.1, 0.15) is 18.3 Å². The second kappa shape index (κ2) is 9.11. The van der Waals surface area contributed by atoms with Gasteiger partial charge < -0.3 is 19.5 Å². The Balaban J connectivity index is 1.43. The van der Waals surface area contributed by atoms with Crippen molar-refractivity contribution in [3.05, 3.63) is 101 Å². The Labute approximate surface area is 216 Å². The van der Waals surface area contributed by atoms with E-state index in [1.54, 1.807) is 12.0 Å². The molecule has 0 unspecified atom stereocenters. The van der Waals surface area contributed by atoms with Gasteiger partial charge in [-0.3, -0.25) is 9.59 Å². The molecular formula is C31H31N3O3. The number of amides is 2. The zero-order valence-corrected chi connectivity index (χ0v) is 21.4. The molecule has 1 fully saturated rings. The van der Waals surface area contributed by atoms with Crippen LogP contribution in [0.4, 0.5) is 0 Å². The van der Waals surface area contributed by atoms with E-state index in [9.17, 15) is 9.59 Å². The molecule has 0 aliphatic carbocycles. The Hall–Kier alpha value is -4.06. The monoisotopic (exact) mass is 493 g/mol. The van der Waals surface area contributed by atoms with Gasteiger partial charge in [0, 0.05) is 35.1 Å². The summed E-state index contributed by atoms with van der Waals surface area (Å²) in [5.74, 6) is 1.07. The summed E-state index contributed by atoms with van der Waals surface area (Å²) in [5.41, 5.74) is 6.31. The number of carbonyl (C=O) groups is 2. The van der Waals surface area contributed by atoms with Crippen LogP contribution in [0.2, 0.25) is 0 Å². The number of methoxy groups -OCH3 is 1. The lowest BCUT2D eigenvalue weighted by molar-refractivity contribution is -0.159. The maximum atomic E-state index is 14.0. The van der Waals surface area contributed by atoms with E-state index in [2.05, 4.69) is 55.2 Å². The number of carbonyl (C=O) groups excluding carboxylic acids is 2. The third kappa shape index (κ3) is 3.88. The molecule has 6 nitrogen and oxygen atoms in total. The van der Waals surface area contributed by atoms with Crippen LogP contribution in [0.25, 0.3) is 10.9 Å². The molecule has 2 aliphatic rings. The summed E-state index contributed by atoms with van der Waals surface area (Å²) >= 11 is 0. The maximum absolute atomic E-state index is 14.0. The lowest BCUT2D eigenvalue weighted by Gasteiger charge is -2.47. The highest BCUT2D eigenvalue weighted by Crippen LogP contribution is 2.43. The minimum absolute atomic E-state index is 0.0229. The Morgan fingerprint density at radius 3 is 2.46 bits per heavy atom. The van der Waals surface area contributed by atoms with Gasteiger partial charge in [-0.2, -0.15) is 0 Å². The molecule has 6 heteroatoms. The normalized spacial score (nSPS) is 19.4. The van der Waals surface area contributed by atoms with Crippen molar-refractivity contribution in [2.75, 3.05) is 13.7 Å². The number of aromatic nitrogens is 1. The zero-order chi connectivity index (χ0) is 25.7. The first kappa shape index (κ1) is 23.3. The molecule has 188 valence electrons. The van der Waals surface area contributed by atoms with Crippen LogP contribution in [0.5, 0.6) is 5.75 Å². The van der Waals surface area contributed by atoms with Crippen LogP contribution in [-0.2, 0) is 22.6 Å². The Morgan fingerprint density at radius 2 is 1.70 bits per heavy atom. The van der Waals surface area contributed by atoms with E-state index in [0.29, 0.717) is 18.9 Å². The number of fused-ring (bicyclic) bond motifs is 4. The summed E-state index contributed by atoms with van der Waals surface area (Å²) in [5, 5.41) is 1.11. The Kier molecular flexibility index (Phi) is 5.75. The van der Waals surface area contributed by atoms with Gasteiger partial charge >= 0.3 is 0 Å². The zero-order valence-electron chi connectivity index (χ0n) is 21.4. The molecule has 0 radical (unpaired) electrons. The van der Waals surface area contributed by atoms with Crippen molar-refractivity contribution in [3.8, 4) is 5.75 Å². The van der Waals surface area contributed by atoms with Crippen molar-refractivity contribution >= 4 is 22.7 Å². The molecule has 6 rings (SSSR count). The van der Waals surface area contributed by atoms with Crippen LogP contribution < -0.4 is 4.74 Å². The minimum Gasteiger partial charge on any atom is -0.496 e. The average molecular weight is 494 g/mol. The van der Waals surface area contributed by atoms with Crippen molar-refractivity contribution in [2.45, 2.75) is 44.8 Å². The number of H-pyrrole nitrogens is 1. The molecule has 1 aromatic heterocycles. The third-order valence-corrected chi connectivity index (χ3v) is 7.81. The number of nitrogens with zero attached hydrogens (tertiary/aromatic N) is 2. The van der Waals surface area contributed by atoms with Gasteiger partial charge in [0.05, 0.1) is 13.2 Å². The summed E-state index contributed by atoms with van der Waals surface area (Å²) in [6.45, 7) is 4.73. The molecule has 37 heavy (non-hydrogen) atoms. The van der Waals surface area contributed by atoms with Gasteiger partial charge in [-0.25, -0.2) is 0 Å². The smallest absolute Gasteiger partial charge is 0.246 e. The highest BCUT2D eigenvalue weighted by Gasteiger charge is 2.48. The van der Waals surface area contributed by atoms with E-state index in [-0.39, 0.29) is 24.4 Å². The molecular weight excluding hydrogens is 462 g/mol. The molecule has 1 saturated heterocycles. The van der Waals surface area contributed by atoms with E-state index >= 15 is 0 Å². The summed E-state index contributed by atoms with van der Waals surface area (Å²) in [6.07, 6.45) is 0.493. The number of para-hydroxylation sites is 2. The van der Waals surface area contributed by atoms with Crippen LogP contribution in [0.15, 0.2) is 72.8 Å². The van der Waals surface area contributed by atoms with Gasteiger partial charge in [0.15, 0.2) is 0 Å². The number of nitrogens with one attached hydrogen (secondary N) is 1. The number of benzene rings is 3. The highest BCUT2D eigenvalue weighted by molar-refractivity contribution is 5.97. The Bertz CT molecular complexity index is 1490. The second-order valence-electron chi connectivity index (χ2n) is 10.3. The van der Waals surface area contributed by atoms with Crippen LogP contribution in [0, 0.1) is 0 Å². The first-order chi connectivity index (χ1) is 18.0. The molecule has 2 atom stereocenters. The number of aromatic amines is 1. The van der Waals surface area contributed by atoms with Crippen LogP contribution in [-0.4, -0.2) is 46.3 Å². The number of piperazine rings is 1. The SMILES string of the molecule is COc1ccccc1CN1CC(=O)N2[C@@H](c3ccc(C(C)C)cc3)c3[nH]c4ccccc4c3C[C@H]2C1=O. The molecule has 0 saturated carbocycles. The van der Waals surface area contributed by atoms with Crippen molar-refractivity contribution in [2.24, 2.45) is 0 Å². The molecule has 1 N–H and O–H groups in total. The average Bonchev–Trinajstić information content (AvgIpc) is 3.29. The fourth-order valence-corrected chi connectivity index (χ4v) is 5.91. The number of hydrogen-bond acceptors (Lipinski definition) is 3. The van der Waals surface area contributed by atoms with Crippen molar-refractivity contribution in [1.29, 1.82) is 0 Å². The van der Waals surface area contributed by atoms with Gasteiger partial charge in [0.25, 0.3) is 0 Å². The fourth-order valence-electron chi connectivity index (χ4n) is 5.91. The predicted octanol–water partition coefficient (Wildman–Crippen LogP) is 5.19. The van der Waals surface area contributed by atoms with E-state index in [1.165, 1.54) is 5.56 Å². The third-order valence-electron chi connectivity index (χ3n) is 7.81. The minimum atomic E-state index is -0.558. The summed E-state index contributed by atoms with van der Waals surface area (Å²) in [6, 6.07) is 23.4. The van der Waals surface area contributed by atoms with Gasteiger partial charge in [-0.15, -0.1) is 0 Å². The van der Waals surface area contributed by atoms with Gasteiger partial charge in [0.2, 0.25) is 11.8 Å². The van der Waals surface area contributed by atoms with Crippen molar-refractivity contribution < 1.29 is 14.3 Å². The van der Waals surface area contributed by atoms with Crippen LogP contribution >= 0.6 is 0 Å². The molecule has 2 aliphatic heterocycles. The number of ether oxygens (including phenoxy) is 1. The van der Waals surface area contributed by atoms with Crippen molar-refractivity contribution in [3.63, 3.8) is 0 Å².